The van der Waals surface area contributed by atoms with E-state index in [4.69, 9.17) is 16.3 Å². The Hall–Kier alpha value is -1.05. The van der Waals surface area contributed by atoms with Crippen LogP contribution in [0, 0.1) is 0 Å². The van der Waals surface area contributed by atoms with Crippen LogP contribution < -0.4 is 10.1 Å². The first-order chi connectivity index (χ1) is 12.7. The summed E-state index contributed by atoms with van der Waals surface area (Å²) in [5.41, 5.74) is 0.831. The van der Waals surface area contributed by atoms with Crippen LogP contribution in [0.25, 0.3) is 0 Å². The maximum atomic E-state index is 12.6. The topological polar surface area (TPSA) is 54.5 Å². The Kier molecular flexibility index (Phi) is 8.83. The largest absolute Gasteiger partial charge is 0.486 e. The van der Waals surface area contributed by atoms with Gasteiger partial charge in [0, 0.05) is 35.6 Å². The zero-order valence-electron chi connectivity index (χ0n) is 15.3. The number of hydrogen-bond donors (Lipinski definition) is 1. The van der Waals surface area contributed by atoms with Crippen molar-refractivity contribution in [3.63, 3.8) is 0 Å². The summed E-state index contributed by atoms with van der Waals surface area (Å²) in [6.07, 6.45) is 3.85. The van der Waals surface area contributed by atoms with E-state index in [2.05, 4.69) is 10.3 Å². The number of rotatable bonds is 5. The van der Waals surface area contributed by atoms with E-state index in [1.54, 1.807) is 12.1 Å². The van der Waals surface area contributed by atoms with E-state index in [0.29, 0.717) is 30.1 Å². The van der Waals surface area contributed by atoms with Gasteiger partial charge in [0.1, 0.15) is 17.4 Å². The molecule has 0 aliphatic carbocycles. The number of carbonyl (C=O) groups excluding carboxylic acids is 1. The lowest BCUT2D eigenvalue weighted by atomic mass is 10.1. The monoisotopic (exact) mass is 463 g/mol. The van der Waals surface area contributed by atoms with Crippen molar-refractivity contribution < 1.29 is 9.53 Å². The molecule has 1 aromatic heterocycles. The molecule has 5 nitrogen and oxygen atoms in total. The van der Waals surface area contributed by atoms with Crippen molar-refractivity contribution in [2.24, 2.45) is 0 Å². The van der Waals surface area contributed by atoms with Crippen LogP contribution in [0.15, 0.2) is 29.6 Å². The molecule has 28 heavy (non-hydrogen) atoms. The summed E-state index contributed by atoms with van der Waals surface area (Å²) in [7, 11) is 0. The summed E-state index contributed by atoms with van der Waals surface area (Å²) in [5.74, 6) is 0.934. The first kappa shape index (κ1) is 23.2. The van der Waals surface area contributed by atoms with Gasteiger partial charge < -0.3 is 15.0 Å². The van der Waals surface area contributed by atoms with E-state index in [-0.39, 0.29) is 30.7 Å². The molecule has 4 rings (SSSR count). The minimum atomic E-state index is 0. The van der Waals surface area contributed by atoms with Gasteiger partial charge in [-0.05, 0) is 43.5 Å². The van der Waals surface area contributed by atoms with Crippen LogP contribution in [0.4, 0.5) is 0 Å². The lowest BCUT2D eigenvalue weighted by Crippen LogP contribution is -2.39. The fraction of sp³-hybridized carbons (Fsp3) is 0.474. The van der Waals surface area contributed by atoms with Gasteiger partial charge in [0.15, 0.2) is 0 Å². The Balaban J connectivity index is 0.00000140. The summed E-state index contributed by atoms with van der Waals surface area (Å²) < 4.78 is 5.72. The average molecular weight is 465 g/mol. The molecule has 2 unspecified atom stereocenters. The number of halogens is 3. The molecule has 2 bridgehead atoms. The smallest absolute Gasteiger partial charge is 0.228 e. The van der Waals surface area contributed by atoms with Gasteiger partial charge in [-0.1, -0.05) is 11.6 Å². The number of likely N-dealkylation sites (tertiary alicyclic amines) is 1. The molecule has 2 aliphatic heterocycles. The number of nitrogens with zero attached hydrogens (tertiary/aromatic N) is 2. The molecule has 1 aromatic carbocycles. The van der Waals surface area contributed by atoms with Gasteiger partial charge in [-0.3, -0.25) is 4.79 Å². The highest BCUT2D eigenvalue weighted by Gasteiger charge is 2.31. The van der Waals surface area contributed by atoms with Crippen molar-refractivity contribution in [1.82, 2.24) is 15.2 Å². The molecule has 2 aliphatic rings. The predicted octanol–water partition coefficient (Wildman–Crippen LogP) is 4.11. The van der Waals surface area contributed by atoms with Gasteiger partial charge in [-0.15, -0.1) is 36.2 Å². The molecule has 0 saturated carbocycles. The molecule has 3 heterocycles. The van der Waals surface area contributed by atoms with Gasteiger partial charge in [-0.2, -0.15) is 0 Å². The third-order valence-corrected chi connectivity index (χ3v) is 6.11. The number of ether oxygens (including phenoxy) is 1. The van der Waals surface area contributed by atoms with Crippen LogP contribution in [0.5, 0.6) is 5.75 Å². The van der Waals surface area contributed by atoms with Crippen molar-refractivity contribution in [2.75, 3.05) is 13.1 Å². The standard InChI is InChI=1S/C19H22ClN3O2S.2ClH/c20-13-1-5-17(6-2-13)25-11-18-22-16(12-26-18)9-19(24)23-8-7-14-3-4-15(10-23)21-14;;/h1-2,5-6,12,14-15,21H,3-4,7-11H2;2*1H. The van der Waals surface area contributed by atoms with Gasteiger partial charge >= 0.3 is 0 Å². The van der Waals surface area contributed by atoms with Crippen LogP contribution in [-0.4, -0.2) is 41.0 Å². The van der Waals surface area contributed by atoms with Gasteiger partial charge in [0.25, 0.3) is 0 Å². The summed E-state index contributed by atoms with van der Waals surface area (Å²) in [5, 5.41) is 7.13. The number of nitrogens with one attached hydrogen (secondary N) is 1. The molecule has 2 fully saturated rings. The predicted molar refractivity (Wildman–Crippen MR) is 117 cm³/mol. The maximum Gasteiger partial charge on any atom is 0.228 e. The minimum absolute atomic E-state index is 0. The molecule has 2 atom stereocenters. The van der Waals surface area contributed by atoms with Crippen molar-refractivity contribution in [1.29, 1.82) is 0 Å². The summed E-state index contributed by atoms with van der Waals surface area (Å²) in [6.45, 7) is 2.08. The minimum Gasteiger partial charge on any atom is -0.486 e. The van der Waals surface area contributed by atoms with E-state index in [1.165, 1.54) is 24.2 Å². The first-order valence-corrected chi connectivity index (χ1v) is 10.3. The molecule has 1 N–H and O–H groups in total. The molecule has 9 heteroatoms. The molecule has 2 saturated heterocycles. The van der Waals surface area contributed by atoms with Crippen molar-refractivity contribution in [3.05, 3.63) is 45.4 Å². The highest BCUT2D eigenvalue weighted by molar-refractivity contribution is 7.09. The van der Waals surface area contributed by atoms with Crippen LogP contribution in [0.1, 0.15) is 30.0 Å². The Morgan fingerprint density at radius 2 is 1.96 bits per heavy atom. The number of aromatic nitrogens is 1. The second-order valence-corrected chi connectivity index (χ2v) is 8.30. The third kappa shape index (κ3) is 5.97. The Bertz CT molecular complexity index is 772. The second-order valence-electron chi connectivity index (χ2n) is 6.92. The number of carbonyl (C=O) groups is 1. The molecule has 154 valence electrons. The Labute approximate surface area is 186 Å². The molecule has 0 radical (unpaired) electrons. The molecule has 0 spiro atoms. The van der Waals surface area contributed by atoms with Crippen molar-refractivity contribution >= 4 is 53.7 Å². The zero-order chi connectivity index (χ0) is 17.9. The summed E-state index contributed by atoms with van der Waals surface area (Å²) in [6, 6.07) is 8.32. The molecular formula is C19H24Cl3N3O2S. The fourth-order valence-electron chi connectivity index (χ4n) is 3.61. The van der Waals surface area contributed by atoms with Crippen LogP contribution >= 0.6 is 47.8 Å². The van der Waals surface area contributed by atoms with E-state index in [0.717, 1.165) is 36.0 Å². The van der Waals surface area contributed by atoms with Crippen LogP contribution in [0.2, 0.25) is 5.02 Å². The lowest BCUT2D eigenvalue weighted by Gasteiger charge is -2.24. The molecular weight excluding hydrogens is 441 g/mol. The number of hydrogen-bond acceptors (Lipinski definition) is 5. The van der Waals surface area contributed by atoms with E-state index >= 15 is 0 Å². The Morgan fingerprint density at radius 1 is 1.21 bits per heavy atom. The zero-order valence-corrected chi connectivity index (χ0v) is 18.5. The van der Waals surface area contributed by atoms with Gasteiger partial charge in [-0.25, -0.2) is 4.98 Å². The highest BCUT2D eigenvalue weighted by Crippen LogP contribution is 2.22. The SMILES string of the molecule is Cl.Cl.O=C(Cc1csc(COc2ccc(Cl)cc2)n1)N1CCC2CCC(C1)N2. The molecule has 2 aromatic rings. The number of fused-ring (bicyclic) bond motifs is 2. The quantitative estimate of drug-likeness (QED) is 0.723. The Morgan fingerprint density at radius 3 is 2.75 bits per heavy atom. The van der Waals surface area contributed by atoms with Crippen molar-refractivity contribution in [3.8, 4) is 5.75 Å². The van der Waals surface area contributed by atoms with E-state index in [9.17, 15) is 4.79 Å². The molecule has 1 amide bonds. The average Bonchev–Trinajstić information content (AvgIpc) is 3.20. The van der Waals surface area contributed by atoms with Crippen LogP contribution in [0.3, 0.4) is 0 Å². The van der Waals surface area contributed by atoms with Gasteiger partial charge in [0.05, 0.1) is 12.1 Å². The maximum absolute atomic E-state index is 12.6. The third-order valence-electron chi connectivity index (χ3n) is 4.98. The summed E-state index contributed by atoms with van der Waals surface area (Å²) in [4.78, 5) is 19.2. The highest BCUT2D eigenvalue weighted by atomic mass is 35.5. The number of amides is 1. The van der Waals surface area contributed by atoms with E-state index < -0.39 is 0 Å². The number of benzene rings is 1. The first-order valence-electron chi connectivity index (χ1n) is 9.01. The fourth-order valence-corrected chi connectivity index (χ4v) is 4.44. The second kappa shape index (κ2) is 10.6. The van der Waals surface area contributed by atoms with Gasteiger partial charge in [0.2, 0.25) is 5.91 Å². The lowest BCUT2D eigenvalue weighted by molar-refractivity contribution is -0.130. The van der Waals surface area contributed by atoms with E-state index in [1.807, 2.05) is 22.4 Å². The summed E-state index contributed by atoms with van der Waals surface area (Å²) >= 11 is 7.40. The number of thiazole rings is 1. The van der Waals surface area contributed by atoms with Crippen LogP contribution in [-0.2, 0) is 17.8 Å². The normalized spacial score (nSPS) is 20.7. The van der Waals surface area contributed by atoms with Crippen molar-refractivity contribution in [2.45, 2.75) is 44.4 Å².